The second-order valence-electron chi connectivity index (χ2n) is 4.82. The Hall–Kier alpha value is -2.11. The Morgan fingerprint density at radius 2 is 2.25 bits per heavy atom. The molecule has 20 heavy (non-hydrogen) atoms. The molecule has 4 aromatic rings. The Balaban J connectivity index is 1.62. The lowest BCUT2D eigenvalue weighted by atomic mass is 10.1. The van der Waals surface area contributed by atoms with Gasteiger partial charge in [0, 0.05) is 29.6 Å². The van der Waals surface area contributed by atoms with Gasteiger partial charge in [0.15, 0.2) is 4.96 Å². The standard InChI is InChI=1S/C15H13N3OS/c16-12(8-11-9-18-5-6-20-15(18)17-11)14-7-10-3-1-2-4-13(10)19-14/h1-7,9,12H,8,16H2. The van der Waals surface area contributed by atoms with Crippen LogP contribution in [0.15, 0.2) is 52.5 Å². The summed E-state index contributed by atoms with van der Waals surface area (Å²) < 4.78 is 7.82. The highest BCUT2D eigenvalue weighted by Gasteiger charge is 2.14. The monoisotopic (exact) mass is 283 g/mol. The van der Waals surface area contributed by atoms with Crippen molar-refractivity contribution in [1.82, 2.24) is 9.38 Å². The molecule has 0 bridgehead atoms. The molecular weight excluding hydrogens is 270 g/mol. The second-order valence-corrected chi connectivity index (χ2v) is 5.70. The number of hydrogen-bond donors (Lipinski definition) is 1. The minimum absolute atomic E-state index is 0.174. The summed E-state index contributed by atoms with van der Waals surface area (Å²) in [5.74, 6) is 0.808. The average Bonchev–Trinajstić information content (AvgIpc) is 3.10. The van der Waals surface area contributed by atoms with Crippen LogP contribution in [-0.4, -0.2) is 9.38 Å². The average molecular weight is 283 g/mol. The summed E-state index contributed by atoms with van der Waals surface area (Å²) in [6.07, 6.45) is 4.70. The molecule has 1 atom stereocenters. The zero-order valence-corrected chi connectivity index (χ0v) is 11.5. The number of rotatable bonds is 3. The van der Waals surface area contributed by atoms with Gasteiger partial charge in [-0.15, -0.1) is 11.3 Å². The van der Waals surface area contributed by atoms with E-state index in [0.717, 1.165) is 27.4 Å². The van der Waals surface area contributed by atoms with Crippen LogP contribution in [0.1, 0.15) is 17.5 Å². The van der Waals surface area contributed by atoms with Crippen molar-refractivity contribution in [3.63, 3.8) is 0 Å². The van der Waals surface area contributed by atoms with Crippen LogP contribution in [0.5, 0.6) is 0 Å². The van der Waals surface area contributed by atoms with Crippen molar-refractivity contribution >= 4 is 27.3 Å². The minimum atomic E-state index is -0.174. The first-order valence-corrected chi connectivity index (χ1v) is 7.33. The summed E-state index contributed by atoms with van der Waals surface area (Å²) in [5, 5.41) is 3.11. The molecule has 0 amide bonds. The zero-order chi connectivity index (χ0) is 13.5. The number of fused-ring (bicyclic) bond motifs is 2. The van der Waals surface area contributed by atoms with Crippen molar-refractivity contribution in [3.05, 3.63) is 59.6 Å². The molecule has 0 saturated carbocycles. The highest BCUT2D eigenvalue weighted by molar-refractivity contribution is 7.15. The maximum atomic E-state index is 6.24. The third kappa shape index (κ3) is 1.92. The van der Waals surface area contributed by atoms with E-state index in [4.69, 9.17) is 10.2 Å². The van der Waals surface area contributed by atoms with Crippen molar-refractivity contribution < 1.29 is 4.42 Å². The van der Waals surface area contributed by atoms with Crippen molar-refractivity contribution in [3.8, 4) is 0 Å². The van der Waals surface area contributed by atoms with Crippen molar-refractivity contribution in [1.29, 1.82) is 0 Å². The van der Waals surface area contributed by atoms with E-state index in [-0.39, 0.29) is 6.04 Å². The third-order valence-corrected chi connectivity index (χ3v) is 4.15. The molecule has 0 radical (unpaired) electrons. The molecule has 4 rings (SSSR count). The molecular formula is C15H13N3OS. The number of benzene rings is 1. The van der Waals surface area contributed by atoms with Crippen molar-refractivity contribution in [2.24, 2.45) is 5.73 Å². The van der Waals surface area contributed by atoms with Crippen LogP contribution in [0.4, 0.5) is 0 Å². The highest BCUT2D eigenvalue weighted by Crippen LogP contribution is 2.25. The lowest BCUT2D eigenvalue weighted by molar-refractivity contribution is 0.492. The Morgan fingerprint density at radius 1 is 1.35 bits per heavy atom. The summed E-state index contributed by atoms with van der Waals surface area (Å²) in [4.78, 5) is 5.55. The molecule has 3 heterocycles. The maximum Gasteiger partial charge on any atom is 0.193 e. The van der Waals surface area contributed by atoms with Gasteiger partial charge < -0.3 is 10.2 Å². The Morgan fingerprint density at radius 3 is 3.10 bits per heavy atom. The molecule has 4 nitrogen and oxygen atoms in total. The maximum absolute atomic E-state index is 6.24. The Kier molecular flexibility index (Phi) is 2.61. The van der Waals surface area contributed by atoms with Gasteiger partial charge in [0.1, 0.15) is 11.3 Å². The second kappa shape index (κ2) is 4.47. The van der Waals surface area contributed by atoms with E-state index in [2.05, 4.69) is 4.98 Å². The van der Waals surface area contributed by atoms with E-state index in [0.29, 0.717) is 6.42 Å². The first kappa shape index (κ1) is 11.7. The zero-order valence-electron chi connectivity index (χ0n) is 10.7. The molecule has 1 unspecified atom stereocenters. The molecule has 0 aliphatic carbocycles. The quantitative estimate of drug-likeness (QED) is 0.627. The smallest absolute Gasteiger partial charge is 0.193 e. The largest absolute Gasteiger partial charge is 0.459 e. The molecule has 1 aromatic carbocycles. The van der Waals surface area contributed by atoms with Gasteiger partial charge in [-0.1, -0.05) is 18.2 Å². The fourth-order valence-corrected chi connectivity index (χ4v) is 3.10. The number of para-hydroxylation sites is 1. The summed E-state index contributed by atoms with van der Waals surface area (Å²) in [7, 11) is 0. The van der Waals surface area contributed by atoms with E-state index in [1.165, 1.54) is 0 Å². The highest BCUT2D eigenvalue weighted by atomic mass is 32.1. The fourth-order valence-electron chi connectivity index (χ4n) is 2.39. The van der Waals surface area contributed by atoms with Gasteiger partial charge in [-0.3, -0.25) is 4.40 Å². The van der Waals surface area contributed by atoms with Crippen LogP contribution >= 0.6 is 11.3 Å². The summed E-state index contributed by atoms with van der Waals surface area (Å²) in [5.41, 5.74) is 8.11. The first-order valence-electron chi connectivity index (χ1n) is 6.45. The van der Waals surface area contributed by atoms with Crippen LogP contribution in [0, 0.1) is 0 Å². The van der Waals surface area contributed by atoms with E-state index in [1.807, 2.05) is 52.5 Å². The van der Waals surface area contributed by atoms with Gasteiger partial charge in [0.2, 0.25) is 0 Å². The number of imidazole rings is 1. The van der Waals surface area contributed by atoms with Gasteiger partial charge in [0.05, 0.1) is 11.7 Å². The predicted molar refractivity (Wildman–Crippen MR) is 79.9 cm³/mol. The van der Waals surface area contributed by atoms with Crippen molar-refractivity contribution in [2.75, 3.05) is 0 Å². The SMILES string of the molecule is NC(Cc1cn2ccsc2n1)c1cc2ccccc2o1. The third-order valence-electron chi connectivity index (χ3n) is 3.38. The number of furan rings is 1. The first-order chi connectivity index (χ1) is 9.79. The van der Waals surface area contributed by atoms with Crippen LogP contribution in [-0.2, 0) is 6.42 Å². The molecule has 0 aliphatic heterocycles. The Bertz CT molecular complexity index is 812. The number of nitrogens with two attached hydrogens (primary N) is 1. The summed E-state index contributed by atoms with van der Waals surface area (Å²) >= 11 is 1.62. The lowest BCUT2D eigenvalue weighted by Gasteiger charge is -2.05. The molecule has 0 spiro atoms. The van der Waals surface area contributed by atoms with Gasteiger partial charge in [-0.2, -0.15) is 0 Å². The minimum Gasteiger partial charge on any atom is -0.459 e. The number of aromatic nitrogens is 2. The molecule has 0 fully saturated rings. The topological polar surface area (TPSA) is 56.5 Å². The van der Waals surface area contributed by atoms with E-state index in [1.54, 1.807) is 11.3 Å². The number of thiazole rings is 1. The molecule has 2 N–H and O–H groups in total. The van der Waals surface area contributed by atoms with Gasteiger partial charge in [-0.25, -0.2) is 4.98 Å². The van der Waals surface area contributed by atoms with Gasteiger partial charge in [0.25, 0.3) is 0 Å². The van der Waals surface area contributed by atoms with E-state index in [9.17, 15) is 0 Å². The molecule has 0 saturated heterocycles. The van der Waals surface area contributed by atoms with Crippen LogP contribution in [0.3, 0.4) is 0 Å². The molecule has 3 aromatic heterocycles. The van der Waals surface area contributed by atoms with Gasteiger partial charge in [-0.05, 0) is 12.1 Å². The van der Waals surface area contributed by atoms with Crippen LogP contribution in [0.25, 0.3) is 15.9 Å². The molecule has 5 heteroatoms. The van der Waals surface area contributed by atoms with Crippen LogP contribution in [0.2, 0.25) is 0 Å². The summed E-state index contributed by atoms with van der Waals surface area (Å²) in [6.45, 7) is 0. The number of nitrogens with zero attached hydrogens (tertiary/aromatic N) is 2. The lowest BCUT2D eigenvalue weighted by Crippen LogP contribution is -2.12. The molecule has 0 aliphatic rings. The Labute approximate surface area is 119 Å². The fraction of sp³-hybridized carbons (Fsp3) is 0.133. The normalized spacial score (nSPS) is 13.2. The van der Waals surface area contributed by atoms with Crippen molar-refractivity contribution in [2.45, 2.75) is 12.5 Å². The predicted octanol–water partition coefficient (Wildman–Crippen LogP) is 3.38. The van der Waals surface area contributed by atoms with Gasteiger partial charge >= 0.3 is 0 Å². The number of hydrogen-bond acceptors (Lipinski definition) is 4. The van der Waals surface area contributed by atoms with E-state index >= 15 is 0 Å². The molecule has 100 valence electrons. The summed E-state index contributed by atoms with van der Waals surface area (Å²) in [6, 6.07) is 9.78. The van der Waals surface area contributed by atoms with Crippen LogP contribution < -0.4 is 5.73 Å². The van der Waals surface area contributed by atoms with E-state index < -0.39 is 0 Å².